The Morgan fingerprint density at radius 1 is 1.11 bits per heavy atom. The fourth-order valence-electron chi connectivity index (χ4n) is 2.83. The maximum atomic E-state index is 13.2. The molecule has 0 saturated carbocycles. The minimum atomic E-state index is -3.86. The van der Waals surface area contributed by atoms with Crippen LogP contribution in [0.25, 0.3) is 0 Å². The van der Waals surface area contributed by atoms with E-state index in [1.54, 1.807) is 36.4 Å². The Kier molecular flexibility index (Phi) is 5.87. The highest BCUT2D eigenvalue weighted by molar-refractivity contribution is 7.89. The number of hydrogen-bond donors (Lipinski definition) is 2. The van der Waals surface area contributed by atoms with Gasteiger partial charge >= 0.3 is 0 Å². The van der Waals surface area contributed by atoms with Crippen LogP contribution in [0.15, 0.2) is 41.3 Å². The van der Waals surface area contributed by atoms with Crippen molar-refractivity contribution in [2.45, 2.75) is 31.7 Å². The Morgan fingerprint density at radius 3 is 2.57 bits per heavy atom. The molecule has 0 spiro atoms. The molecule has 0 atom stereocenters. The number of sulfonamides is 1. The molecule has 0 aliphatic carbocycles. The third-order valence-corrected chi connectivity index (χ3v) is 6.47. The van der Waals surface area contributed by atoms with Gasteiger partial charge in [-0.25, -0.2) is 13.9 Å². The lowest BCUT2D eigenvalue weighted by Gasteiger charge is -2.22. The molecular formula is C19H22N2O6S. The fraction of sp³-hybridized carbons (Fsp3) is 0.316. The zero-order chi connectivity index (χ0) is 20.3. The number of rotatable bonds is 7. The summed E-state index contributed by atoms with van der Waals surface area (Å²) in [6, 6.07) is 10.1. The van der Waals surface area contributed by atoms with Crippen LogP contribution in [0.1, 0.15) is 23.1 Å². The summed E-state index contributed by atoms with van der Waals surface area (Å²) in [5, 5.41) is 8.73. The van der Waals surface area contributed by atoms with E-state index < -0.39 is 15.9 Å². The van der Waals surface area contributed by atoms with E-state index in [1.165, 1.54) is 9.79 Å². The van der Waals surface area contributed by atoms with Gasteiger partial charge in [0, 0.05) is 19.5 Å². The van der Waals surface area contributed by atoms with Gasteiger partial charge in [0.2, 0.25) is 22.7 Å². The smallest absolute Gasteiger partial charge is 0.244 e. The summed E-state index contributed by atoms with van der Waals surface area (Å²) in [7, 11) is -3.86. The Balaban J connectivity index is 1.91. The molecule has 2 aromatic carbocycles. The van der Waals surface area contributed by atoms with Crippen LogP contribution in [0.3, 0.4) is 0 Å². The zero-order valence-corrected chi connectivity index (χ0v) is 16.5. The minimum absolute atomic E-state index is 0.0462. The number of carbonyl (C=O) groups is 1. The molecule has 0 fully saturated rings. The highest BCUT2D eigenvalue weighted by Crippen LogP contribution is 2.33. The lowest BCUT2D eigenvalue weighted by atomic mass is 10.1. The molecule has 3 rings (SSSR count). The van der Waals surface area contributed by atoms with E-state index in [1.807, 2.05) is 13.8 Å². The molecule has 1 aliphatic heterocycles. The van der Waals surface area contributed by atoms with Crippen LogP contribution in [0, 0.1) is 13.8 Å². The van der Waals surface area contributed by atoms with Crippen molar-refractivity contribution in [2.75, 3.05) is 13.3 Å². The van der Waals surface area contributed by atoms with Crippen molar-refractivity contribution in [3.8, 4) is 11.5 Å². The van der Waals surface area contributed by atoms with Crippen molar-refractivity contribution in [2.24, 2.45) is 0 Å². The average molecular weight is 406 g/mol. The molecule has 28 heavy (non-hydrogen) atoms. The van der Waals surface area contributed by atoms with Gasteiger partial charge in [0.15, 0.2) is 11.5 Å². The van der Waals surface area contributed by atoms with Gasteiger partial charge in [0.05, 0.1) is 4.90 Å². The van der Waals surface area contributed by atoms with Crippen LogP contribution < -0.4 is 15.0 Å². The molecule has 0 bridgehead atoms. The topological polar surface area (TPSA) is 105 Å². The Bertz CT molecular complexity index is 990. The summed E-state index contributed by atoms with van der Waals surface area (Å²) < 4.78 is 38.3. The van der Waals surface area contributed by atoms with Crippen molar-refractivity contribution < 1.29 is 27.9 Å². The number of benzene rings is 2. The van der Waals surface area contributed by atoms with Crippen LogP contribution in [-0.2, 0) is 21.4 Å². The second-order valence-corrected chi connectivity index (χ2v) is 8.50. The van der Waals surface area contributed by atoms with Crippen LogP contribution in [0.4, 0.5) is 0 Å². The first-order valence-electron chi connectivity index (χ1n) is 8.70. The number of nitrogens with one attached hydrogen (secondary N) is 1. The van der Waals surface area contributed by atoms with E-state index >= 15 is 0 Å². The van der Waals surface area contributed by atoms with Gasteiger partial charge < -0.3 is 9.47 Å². The highest BCUT2D eigenvalue weighted by Gasteiger charge is 2.26. The van der Waals surface area contributed by atoms with Crippen molar-refractivity contribution in [3.05, 3.63) is 53.1 Å². The third-order valence-electron chi connectivity index (χ3n) is 4.63. The molecule has 9 heteroatoms. The van der Waals surface area contributed by atoms with Gasteiger partial charge in [-0.1, -0.05) is 12.1 Å². The number of carbonyl (C=O) groups excluding carboxylic acids is 1. The van der Waals surface area contributed by atoms with Crippen LogP contribution in [0.2, 0.25) is 0 Å². The second-order valence-electron chi connectivity index (χ2n) is 6.56. The van der Waals surface area contributed by atoms with E-state index in [4.69, 9.17) is 14.7 Å². The largest absolute Gasteiger partial charge is 0.454 e. The van der Waals surface area contributed by atoms with Crippen LogP contribution in [0.5, 0.6) is 11.5 Å². The number of ether oxygens (including phenoxy) is 2. The molecule has 8 nitrogen and oxygen atoms in total. The second kappa shape index (κ2) is 8.17. The van der Waals surface area contributed by atoms with Gasteiger partial charge in [-0.15, -0.1) is 0 Å². The maximum Gasteiger partial charge on any atom is 0.244 e. The predicted octanol–water partition coefficient (Wildman–Crippen LogP) is 2.12. The van der Waals surface area contributed by atoms with Crippen molar-refractivity contribution in [1.82, 2.24) is 9.79 Å². The van der Waals surface area contributed by atoms with Crippen LogP contribution in [-0.4, -0.2) is 37.2 Å². The number of hydroxylamine groups is 1. The van der Waals surface area contributed by atoms with E-state index in [0.29, 0.717) is 17.1 Å². The van der Waals surface area contributed by atoms with E-state index in [2.05, 4.69) is 0 Å². The average Bonchev–Trinajstić information content (AvgIpc) is 3.14. The summed E-state index contributed by atoms with van der Waals surface area (Å²) >= 11 is 0. The number of nitrogens with zero attached hydrogens (tertiary/aromatic N) is 1. The van der Waals surface area contributed by atoms with Crippen molar-refractivity contribution in [1.29, 1.82) is 0 Å². The summed E-state index contributed by atoms with van der Waals surface area (Å²) in [4.78, 5) is 11.6. The molecular weight excluding hydrogens is 384 g/mol. The molecule has 1 amide bonds. The van der Waals surface area contributed by atoms with Crippen LogP contribution >= 0.6 is 0 Å². The molecule has 0 radical (unpaired) electrons. The Labute approximate surface area is 163 Å². The SMILES string of the molecule is Cc1ccc(S(=O)(=O)N(CCC(=O)NO)Cc2ccc3c(c2)OCO3)cc1C. The van der Waals surface area contributed by atoms with Gasteiger partial charge in [0.1, 0.15) is 0 Å². The summed E-state index contributed by atoms with van der Waals surface area (Å²) in [5.41, 5.74) is 4.07. The fourth-order valence-corrected chi connectivity index (χ4v) is 4.35. The molecule has 150 valence electrons. The summed E-state index contributed by atoms with van der Waals surface area (Å²) in [6.07, 6.45) is -0.175. The molecule has 0 aromatic heterocycles. The maximum absolute atomic E-state index is 13.2. The first-order valence-corrected chi connectivity index (χ1v) is 10.1. The van der Waals surface area contributed by atoms with Crippen molar-refractivity contribution >= 4 is 15.9 Å². The molecule has 0 unspecified atom stereocenters. The Morgan fingerprint density at radius 2 is 1.86 bits per heavy atom. The quantitative estimate of drug-likeness (QED) is 0.539. The van der Waals surface area contributed by atoms with E-state index in [-0.39, 0.29) is 31.2 Å². The van der Waals surface area contributed by atoms with Gasteiger partial charge in [-0.05, 0) is 54.8 Å². The first kappa shape index (κ1) is 20.1. The molecule has 0 saturated heterocycles. The number of amides is 1. The molecule has 1 heterocycles. The zero-order valence-electron chi connectivity index (χ0n) is 15.6. The Hall–Kier alpha value is -2.62. The minimum Gasteiger partial charge on any atom is -0.454 e. The molecule has 2 aromatic rings. The first-order chi connectivity index (χ1) is 13.3. The highest BCUT2D eigenvalue weighted by atomic mass is 32.2. The summed E-state index contributed by atoms with van der Waals surface area (Å²) in [6.45, 7) is 3.83. The van der Waals surface area contributed by atoms with E-state index in [9.17, 15) is 13.2 Å². The van der Waals surface area contributed by atoms with Crippen molar-refractivity contribution in [3.63, 3.8) is 0 Å². The normalized spacial score (nSPS) is 13.0. The van der Waals surface area contributed by atoms with E-state index in [0.717, 1.165) is 11.1 Å². The molecule has 1 aliphatic rings. The van der Waals surface area contributed by atoms with Gasteiger partial charge in [-0.3, -0.25) is 10.0 Å². The predicted molar refractivity (Wildman–Crippen MR) is 101 cm³/mol. The molecule has 2 N–H and O–H groups in total. The monoisotopic (exact) mass is 406 g/mol. The number of fused-ring (bicyclic) bond motifs is 1. The third kappa shape index (κ3) is 4.27. The lowest BCUT2D eigenvalue weighted by molar-refractivity contribution is -0.129. The lowest BCUT2D eigenvalue weighted by Crippen LogP contribution is -2.34. The number of aryl methyl sites for hydroxylation is 2. The number of hydrogen-bond acceptors (Lipinski definition) is 6. The standard InChI is InChI=1S/C19H22N2O6S/c1-13-3-5-16(9-14(13)2)28(24,25)21(8-7-19(22)20-23)11-15-4-6-17-18(10-15)27-12-26-17/h3-6,9-10,23H,7-8,11-12H2,1-2H3,(H,20,22). The summed E-state index contributed by atoms with van der Waals surface area (Å²) in [5.74, 6) is 0.493. The van der Waals surface area contributed by atoms with Gasteiger partial charge in [0.25, 0.3) is 0 Å². The van der Waals surface area contributed by atoms with Gasteiger partial charge in [-0.2, -0.15) is 4.31 Å².